The van der Waals surface area contributed by atoms with E-state index in [1.807, 2.05) is 54.2 Å². The lowest BCUT2D eigenvalue weighted by molar-refractivity contribution is -0.120. The number of para-hydroxylation sites is 2. The summed E-state index contributed by atoms with van der Waals surface area (Å²) in [6.07, 6.45) is 2.33. The number of carbonyl (C=O) groups excluding carboxylic acids is 1. The molecule has 0 atom stereocenters. The molecular weight excluding hydrogens is 348 g/mol. The van der Waals surface area contributed by atoms with Gasteiger partial charge < -0.3 is 14.6 Å². The van der Waals surface area contributed by atoms with E-state index in [-0.39, 0.29) is 19.1 Å². The van der Waals surface area contributed by atoms with Gasteiger partial charge in [-0.2, -0.15) is 0 Å². The predicted octanol–water partition coefficient (Wildman–Crippen LogP) is 3.57. The number of nitrogens with zero attached hydrogens (tertiary/aromatic N) is 1. The van der Waals surface area contributed by atoms with Crippen molar-refractivity contribution in [2.24, 2.45) is 7.05 Å². The van der Waals surface area contributed by atoms with Crippen molar-refractivity contribution < 1.29 is 9.53 Å². The first-order valence-electron chi connectivity index (χ1n) is 8.28. The quantitative estimate of drug-likeness (QED) is 0.701. The third kappa shape index (κ3) is 4.38. The van der Waals surface area contributed by atoms with Crippen molar-refractivity contribution in [1.82, 2.24) is 9.88 Å². The number of rotatable bonds is 5. The van der Waals surface area contributed by atoms with Crippen molar-refractivity contribution in [3.05, 3.63) is 65.3 Å². The van der Waals surface area contributed by atoms with Gasteiger partial charge in [0.25, 0.3) is 0 Å². The van der Waals surface area contributed by atoms with E-state index in [2.05, 4.69) is 17.2 Å². The maximum atomic E-state index is 12.1. The smallest absolute Gasteiger partial charge is 0.225 e. The number of amides is 1. The van der Waals surface area contributed by atoms with Crippen LogP contribution in [0, 0.1) is 11.8 Å². The number of halogens is 1. The lowest BCUT2D eigenvalue weighted by atomic mass is 10.1. The lowest BCUT2D eigenvalue weighted by Crippen LogP contribution is -2.25. The molecule has 1 N–H and O–H groups in total. The van der Waals surface area contributed by atoms with Crippen molar-refractivity contribution in [1.29, 1.82) is 0 Å². The number of carbonyl (C=O) groups is 1. The number of nitrogens with one attached hydrogen (secondary N) is 1. The molecule has 3 aromatic rings. The lowest BCUT2D eigenvalue weighted by Gasteiger charge is -2.03. The van der Waals surface area contributed by atoms with E-state index in [1.165, 1.54) is 0 Å². The van der Waals surface area contributed by atoms with Crippen LogP contribution in [0.5, 0.6) is 5.75 Å². The van der Waals surface area contributed by atoms with Crippen LogP contribution in [0.25, 0.3) is 10.9 Å². The van der Waals surface area contributed by atoms with E-state index >= 15 is 0 Å². The van der Waals surface area contributed by atoms with Gasteiger partial charge >= 0.3 is 0 Å². The second-order valence-electron chi connectivity index (χ2n) is 5.81. The zero-order valence-corrected chi connectivity index (χ0v) is 15.2. The summed E-state index contributed by atoms with van der Waals surface area (Å²) in [5, 5.41) is 4.47. The van der Waals surface area contributed by atoms with Crippen molar-refractivity contribution in [2.75, 3.05) is 13.2 Å². The maximum Gasteiger partial charge on any atom is 0.225 e. The Bertz CT molecular complexity index is 982. The Morgan fingerprint density at radius 2 is 1.92 bits per heavy atom. The standard InChI is InChI=1S/C21H19ClN2O2/c1-24-15-16(17-8-2-4-10-19(17)24)14-21(25)23-12-6-7-13-26-20-11-5-3-9-18(20)22/h2-5,8-11,15H,12-14H2,1H3,(H,23,25). The highest BCUT2D eigenvalue weighted by Crippen LogP contribution is 2.22. The van der Waals surface area contributed by atoms with Gasteiger partial charge in [0.15, 0.2) is 0 Å². The van der Waals surface area contributed by atoms with Crippen LogP contribution in [0.2, 0.25) is 5.02 Å². The average molecular weight is 367 g/mol. The van der Waals surface area contributed by atoms with Crippen molar-refractivity contribution in [3.63, 3.8) is 0 Å². The van der Waals surface area contributed by atoms with Crippen LogP contribution in [0.4, 0.5) is 0 Å². The fraction of sp³-hybridized carbons (Fsp3) is 0.190. The monoisotopic (exact) mass is 366 g/mol. The molecule has 0 saturated heterocycles. The molecule has 0 fully saturated rings. The van der Waals surface area contributed by atoms with Gasteiger partial charge in [-0.15, -0.1) is 0 Å². The van der Waals surface area contributed by atoms with Crippen LogP contribution in [0.15, 0.2) is 54.7 Å². The number of hydrogen-bond acceptors (Lipinski definition) is 2. The summed E-state index contributed by atoms with van der Waals surface area (Å²) in [4.78, 5) is 12.1. The first-order chi connectivity index (χ1) is 12.6. The molecule has 5 heteroatoms. The van der Waals surface area contributed by atoms with Crippen LogP contribution in [0.3, 0.4) is 0 Å². The Kier molecular flexibility index (Phi) is 5.83. The van der Waals surface area contributed by atoms with Crippen LogP contribution in [-0.4, -0.2) is 23.6 Å². The molecule has 26 heavy (non-hydrogen) atoms. The predicted molar refractivity (Wildman–Crippen MR) is 104 cm³/mol. The van der Waals surface area contributed by atoms with E-state index in [1.54, 1.807) is 12.1 Å². The minimum absolute atomic E-state index is 0.0531. The van der Waals surface area contributed by atoms with Gasteiger partial charge in [-0.05, 0) is 23.8 Å². The van der Waals surface area contributed by atoms with Crippen molar-refractivity contribution in [2.45, 2.75) is 6.42 Å². The average Bonchev–Trinajstić information content (AvgIpc) is 2.95. The van der Waals surface area contributed by atoms with Gasteiger partial charge in [-0.1, -0.05) is 53.8 Å². The SMILES string of the molecule is Cn1cc(CC(=O)NCC#CCOc2ccccc2Cl)c2ccccc21. The van der Waals surface area contributed by atoms with E-state index in [0.29, 0.717) is 17.2 Å². The summed E-state index contributed by atoms with van der Waals surface area (Å²) in [5.74, 6) is 6.29. The summed E-state index contributed by atoms with van der Waals surface area (Å²) in [6.45, 7) is 0.512. The molecule has 132 valence electrons. The molecule has 2 aromatic carbocycles. The third-order valence-corrected chi connectivity index (χ3v) is 4.28. The maximum absolute atomic E-state index is 12.1. The normalized spacial score (nSPS) is 10.2. The van der Waals surface area contributed by atoms with Gasteiger partial charge in [0.2, 0.25) is 5.91 Å². The molecule has 0 aliphatic carbocycles. The van der Waals surface area contributed by atoms with Gasteiger partial charge in [0.1, 0.15) is 12.4 Å². The zero-order valence-electron chi connectivity index (χ0n) is 14.5. The minimum Gasteiger partial charge on any atom is -0.479 e. The highest BCUT2D eigenvalue weighted by atomic mass is 35.5. The summed E-state index contributed by atoms with van der Waals surface area (Å²) in [5.41, 5.74) is 2.13. The molecule has 1 heterocycles. The molecule has 0 radical (unpaired) electrons. The molecule has 3 rings (SSSR count). The van der Waals surface area contributed by atoms with Crippen molar-refractivity contribution in [3.8, 4) is 17.6 Å². The second-order valence-corrected chi connectivity index (χ2v) is 6.22. The number of ether oxygens (including phenoxy) is 1. The Morgan fingerprint density at radius 1 is 1.15 bits per heavy atom. The summed E-state index contributed by atoms with van der Waals surface area (Å²) in [6, 6.07) is 15.3. The molecular formula is C21H19ClN2O2. The Hall–Kier alpha value is -2.90. The van der Waals surface area contributed by atoms with Gasteiger partial charge in [0, 0.05) is 24.1 Å². The van der Waals surface area contributed by atoms with Gasteiger partial charge in [0.05, 0.1) is 18.0 Å². The summed E-state index contributed by atoms with van der Waals surface area (Å²) >= 11 is 5.99. The van der Waals surface area contributed by atoms with E-state index in [0.717, 1.165) is 16.5 Å². The fourth-order valence-corrected chi connectivity index (χ4v) is 2.92. The fourth-order valence-electron chi connectivity index (χ4n) is 2.73. The molecule has 0 aliphatic rings. The molecule has 0 saturated carbocycles. The number of benzene rings is 2. The second kappa shape index (κ2) is 8.46. The molecule has 4 nitrogen and oxygen atoms in total. The van der Waals surface area contributed by atoms with E-state index < -0.39 is 0 Å². The zero-order chi connectivity index (χ0) is 18.4. The minimum atomic E-state index is -0.0531. The third-order valence-electron chi connectivity index (χ3n) is 3.97. The highest BCUT2D eigenvalue weighted by molar-refractivity contribution is 6.32. The van der Waals surface area contributed by atoms with Crippen molar-refractivity contribution >= 4 is 28.4 Å². The Morgan fingerprint density at radius 3 is 2.77 bits per heavy atom. The molecule has 1 aromatic heterocycles. The number of aromatic nitrogens is 1. The van der Waals surface area contributed by atoms with Crippen LogP contribution < -0.4 is 10.1 Å². The molecule has 1 amide bonds. The largest absolute Gasteiger partial charge is 0.479 e. The highest BCUT2D eigenvalue weighted by Gasteiger charge is 2.09. The van der Waals surface area contributed by atoms with Gasteiger partial charge in [-0.25, -0.2) is 0 Å². The summed E-state index contributed by atoms with van der Waals surface area (Å²) < 4.78 is 7.50. The molecule has 0 unspecified atom stereocenters. The Labute approximate surface area is 157 Å². The topological polar surface area (TPSA) is 43.3 Å². The number of aryl methyl sites for hydroxylation is 1. The van der Waals surface area contributed by atoms with Crippen LogP contribution in [0.1, 0.15) is 5.56 Å². The first-order valence-corrected chi connectivity index (χ1v) is 8.65. The Balaban J connectivity index is 1.47. The molecule has 0 aliphatic heterocycles. The molecule has 0 bridgehead atoms. The molecule has 0 spiro atoms. The summed E-state index contributed by atoms with van der Waals surface area (Å²) in [7, 11) is 1.98. The first kappa shape index (κ1) is 17.9. The number of hydrogen-bond donors (Lipinski definition) is 1. The van der Waals surface area contributed by atoms with E-state index in [4.69, 9.17) is 16.3 Å². The van der Waals surface area contributed by atoms with Gasteiger partial charge in [-0.3, -0.25) is 4.79 Å². The van der Waals surface area contributed by atoms with Crippen LogP contribution >= 0.6 is 11.6 Å². The van der Waals surface area contributed by atoms with Crippen LogP contribution in [-0.2, 0) is 18.3 Å². The number of fused-ring (bicyclic) bond motifs is 1. The van der Waals surface area contributed by atoms with E-state index in [9.17, 15) is 4.79 Å².